The molecule has 0 aliphatic carbocycles. The summed E-state index contributed by atoms with van der Waals surface area (Å²) < 4.78 is 16.1. The molecule has 2 aromatic carbocycles. The van der Waals surface area contributed by atoms with Crippen LogP contribution in [0.15, 0.2) is 36.4 Å². The molecule has 5 nitrogen and oxygen atoms in total. The normalized spacial score (nSPS) is 12.0. The lowest BCUT2D eigenvalue weighted by Crippen LogP contribution is -2.29. The van der Waals surface area contributed by atoms with Gasteiger partial charge < -0.3 is 19.1 Å². The van der Waals surface area contributed by atoms with Crippen molar-refractivity contribution in [2.45, 2.75) is 26.3 Å². The molecule has 6 heteroatoms. The van der Waals surface area contributed by atoms with Crippen molar-refractivity contribution >= 4 is 19.0 Å². The summed E-state index contributed by atoms with van der Waals surface area (Å²) >= 11 is 0. The van der Waals surface area contributed by atoms with Crippen LogP contribution in [-0.2, 0) is 0 Å². The molecule has 0 amide bonds. The zero-order valence-electron chi connectivity index (χ0n) is 18.6. The smallest absolute Gasteiger partial charge is 0.161 e. The van der Waals surface area contributed by atoms with E-state index in [4.69, 9.17) is 22.1 Å². The fourth-order valence-electron chi connectivity index (χ4n) is 3.44. The Kier molecular flexibility index (Phi) is 8.71. The predicted octanol–water partition coefficient (Wildman–Crippen LogP) is 3.42. The summed E-state index contributed by atoms with van der Waals surface area (Å²) in [6.45, 7) is 7.26. The molecule has 0 N–H and O–H groups in total. The molecule has 156 valence electrons. The lowest BCUT2D eigenvalue weighted by molar-refractivity contribution is 0.258. The first kappa shape index (κ1) is 22.9. The van der Waals surface area contributed by atoms with Gasteiger partial charge in [0.05, 0.1) is 21.3 Å². The fourth-order valence-corrected chi connectivity index (χ4v) is 3.44. The first-order valence-corrected chi connectivity index (χ1v) is 10.1. The summed E-state index contributed by atoms with van der Waals surface area (Å²) in [7, 11) is 13.1. The average molecular weight is 396 g/mol. The van der Waals surface area contributed by atoms with E-state index in [2.05, 4.69) is 48.9 Å². The van der Waals surface area contributed by atoms with Gasteiger partial charge in [0.1, 0.15) is 13.6 Å². The molecular weight excluding hydrogens is 363 g/mol. The van der Waals surface area contributed by atoms with E-state index in [0.717, 1.165) is 49.0 Å². The van der Waals surface area contributed by atoms with Crippen molar-refractivity contribution in [3.05, 3.63) is 42.0 Å². The van der Waals surface area contributed by atoms with E-state index < -0.39 is 0 Å². The second-order valence-electron chi connectivity index (χ2n) is 7.13. The Balaban J connectivity index is 1.96. The predicted molar refractivity (Wildman–Crippen MR) is 121 cm³/mol. The Hall–Kier alpha value is -2.34. The van der Waals surface area contributed by atoms with Gasteiger partial charge in [-0.25, -0.2) is 0 Å². The Morgan fingerprint density at radius 1 is 0.897 bits per heavy atom. The Morgan fingerprint density at radius 3 is 2.21 bits per heavy atom. The van der Waals surface area contributed by atoms with E-state index in [1.54, 1.807) is 21.3 Å². The van der Waals surface area contributed by atoms with Crippen molar-refractivity contribution in [1.29, 1.82) is 0 Å². The van der Waals surface area contributed by atoms with Gasteiger partial charge in [0.15, 0.2) is 11.5 Å². The van der Waals surface area contributed by atoms with Crippen molar-refractivity contribution in [2.75, 3.05) is 52.9 Å². The van der Waals surface area contributed by atoms with Crippen LogP contribution in [0.25, 0.3) is 0 Å². The maximum atomic E-state index is 5.94. The number of methoxy groups -OCH3 is 3. The van der Waals surface area contributed by atoms with Gasteiger partial charge in [-0.1, -0.05) is 17.6 Å². The number of nitrogens with zero attached hydrogens (tertiary/aromatic N) is 2. The summed E-state index contributed by atoms with van der Waals surface area (Å²) in [5.74, 6) is 2.24. The first-order valence-electron chi connectivity index (χ1n) is 10.1. The summed E-state index contributed by atoms with van der Waals surface area (Å²) in [5.41, 5.74) is 3.01. The van der Waals surface area contributed by atoms with E-state index in [0.29, 0.717) is 5.46 Å². The van der Waals surface area contributed by atoms with Crippen LogP contribution in [0.2, 0.25) is 0 Å². The summed E-state index contributed by atoms with van der Waals surface area (Å²) in [5, 5.41) is 0. The number of benzene rings is 2. The van der Waals surface area contributed by atoms with Gasteiger partial charge in [0, 0.05) is 37.4 Å². The van der Waals surface area contributed by atoms with Gasteiger partial charge in [0.2, 0.25) is 0 Å². The molecule has 0 saturated carbocycles. The number of anilines is 1. The standard InChI is InChI=1S/C23H33BN2O3/c1-7-26(19-10-11-20(24)22(16-19)28-5)14-8-13-25(3)17(2)18-9-12-21(27-4)23(15-18)29-6/h9-12,15-17H,7-8,13-14H2,1-6H3. The molecule has 2 aromatic rings. The van der Waals surface area contributed by atoms with Crippen LogP contribution in [0.1, 0.15) is 31.9 Å². The van der Waals surface area contributed by atoms with Gasteiger partial charge in [-0.05, 0) is 51.1 Å². The second-order valence-corrected chi connectivity index (χ2v) is 7.13. The zero-order chi connectivity index (χ0) is 21.4. The van der Waals surface area contributed by atoms with Gasteiger partial charge in [-0.3, -0.25) is 4.90 Å². The number of hydrogen-bond donors (Lipinski definition) is 0. The van der Waals surface area contributed by atoms with Gasteiger partial charge in [-0.15, -0.1) is 0 Å². The van der Waals surface area contributed by atoms with Gasteiger partial charge in [0.25, 0.3) is 0 Å². The Morgan fingerprint density at radius 2 is 1.59 bits per heavy atom. The molecule has 0 spiro atoms. The molecule has 29 heavy (non-hydrogen) atoms. The minimum atomic E-state index is 0.279. The average Bonchev–Trinajstić information content (AvgIpc) is 2.76. The lowest BCUT2D eigenvalue weighted by Gasteiger charge is -2.28. The topological polar surface area (TPSA) is 34.2 Å². The van der Waals surface area contributed by atoms with Crippen LogP contribution in [-0.4, -0.2) is 60.8 Å². The van der Waals surface area contributed by atoms with E-state index in [1.165, 1.54) is 5.56 Å². The lowest BCUT2D eigenvalue weighted by atomic mass is 9.94. The Labute approximate surface area is 177 Å². The SMILES string of the molecule is [B]c1ccc(N(CC)CCCN(C)C(C)c2ccc(OC)c(OC)c2)cc1OC. The quantitative estimate of drug-likeness (QED) is 0.544. The zero-order valence-corrected chi connectivity index (χ0v) is 18.6. The molecule has 0 saturated heterocycles. The van der Waals surface area contributed by atoms with E-state index in [1.807, 2.05) is 18.2 Å². The summed E-state index contributed by atoms with van der Waals surface area (Å²) in [6, 6.07) is 12.4. The molecule has 0 aromatic heterocycles. The summed E-state index contributed by atoms with van der Waals surface area (Å²) in [4.78, 5) is 4.70. The van der Waals surface area contributed by atoms with E-state index in [9.17, 15) is 0 Å². The molecule has 0 bridgehead atoms. The van der Waals surface area contributed by atoms with Crippen molar-refractivity contribution in [2.24, 2.45) is 0 Å². The minimum Gasteiger partial charge on any atom is -0.497 e. The third-order valence-corrected chi connectivity index (χ3v) is 5.45. The van der Waals surface area contributed by atoms with Crippen LogP contribution in [0.3, 0.4) is 0 Å². The fraction of sp³-hybridized carbons (Fsp3) is 0.478. The highest BCUT2D eigenvalue weighted by Gasteiger charge is 2.15. The maximum absolute atomic E-state index is 5.94. The molecule has 0 aliphatic heterocycles. The highest BCUT2D eigenvalue weighted by molar-refractivity contribution is 6.34. The molecule has 0 heterocycles. The number of rotatable bonds is 11. The largest absolute Gasteiger partial charge is 0.497 e. The molecule has 2 radical (unpaired) electrons. The third-order valence-electron chi connectivity index (χ3n) is 5.45. The van der Waals surface area contributed by atoms with Crippen molar-refractivity contribution in [3.8, 4) is 17.2 Å². The number of hydrogen-bond acceptors (Lipinski definition) is 5. The van der Waals surface area contributed by atoms with Crippen molar-refractivity contribution in [3.63, 3.8) is 0 Å². The third kappa shape index (κ3) is 5.83. The highest BCUT2D eigenvalue weighted by atomic mass is 16.5. The summed E-state index contributed by atoms with van der Waals surface area (Å²) in [6.07, 6.45) is 1.05. The van der Waals surface area contributed by atoms with E-state index >= 15 is 0 Å². The number of ether oxygens (including phenoxy) is 3. The maximum Gasteiger partial charge on any atom is 0.161 e. The molecule has 0 aliphatic rings. The van der Waals surface area contributed by atoms with Gasteiger partial charge >= 0.3 is 0 Å². The van der Waals surface area contributed by atoms with E-state index in [-0.39, 0.29) is 6.04 Å². The first-order chi connectivity index (χ1) is 13.9. The monoisotopic (exact) mass is 396 g/mol. The molecule has 1 unspecified atom stereocenters. The van der Waals surface area contributed by atoms with Crippen molar-refractivity contribution < 1.29 is 14.2 Å². The van der Waals surface area contributed by atoms with Crippen LogP contribution < -0.4 is 24.6 Å². The molecule has 1 atom stereocenters. The second kappa shape index (κ2) is 11.0. The van der Waals surface area contributed by atoms with Crippen LogP contribution in [0.5, 0.6) is 17.2 Å². The molecular formula is C23H33BN2O3. The van der Waals surface area contributed by atoms with Crippen LogP contribution in [0.4, 0.5) is 5.69 Å². The van der Waals surface area contributed by atoms with Crippen LogP contribution in [0, 0.1) is 0 Å². The highest BCUT2D eigenvalue weighted by Crippen LogP contribution is 2.31. The van der Waals surface area contributed by atoms with Crippen molar-refractivity contribution in [1.82, 2.24) is 4.90 Å². The Bertz CT molecular complexity index is 785. The molecule has 0 fully saturated rings. The van der Waals surface area contributed by atoms with Gasteiger partial charge in [-0.2, -0.15) is 0 Å². The van der Waals surface area contributed by atoms with Crippen LogP contribution >= 0.6 is 0 Å². The minimum absolute atomic E-state index is 0.279. The molecule has 2 rings (SSSR count).